The standard InChI is InChI=1S/C80H102N10O11S/c1-100-70-45-64(46-71(48-70)101-2)47-79(98)90-52-69(44-62-28-16-7-17-29-62)85-74(93)55-89(77(96)38-34-59-22-10-4-11-23-59)51-68(43-61-26-14-6-15-27-61)84-73(92)54-88(76(95)37-33-58-20-8-3-9-21-58)49-66(30-18-19-40-81)86-80(99)65-35-31-63(32-36-65)57-102-41-39-78(97)87(53-72(82)91)50-67(83-75(94)56-90)42-60-24-12-5-13-25-60/h4-7,10-17,22-29,31-32,35-36,45-46,48,58,66-69H,3,8-9,18-21,30,33-34,37-44,47,49-57,81H2,1-2H3,(H2,82,91)(H,83,94)(H,84,92)(H,85,93)(H,86,99)/t66-,67-,68-,69-/m0/s1. The van der Waals surface area contributed by atoms with Crippen molar-refractivity contribution in [3.05, 3.63) is 203 Å². The van der Waals surface area contributed by atoms with Gasteiger partial charge in [-0.25, -0.2) is 0 Å². The number of nitrogens with one attached hydrogen (secondary N) is 4. The van der Waals surface area contributed by atoms with Gasteiger partial charge in [-0.15, -0.1) is 0 Å². The lowest BCUT2D eigenvalue weighted by Crippen LogP contribution is -2.55. The molecule has 22 heteroatoms. The van der Waals surface area contributed by atoms with Crippen LogP contribution in [-0.2, 0) is 76.2 Å². The predicted molar refractivity (Wildman–Crippen MR) is 397 cm³/mol. The number of hydrogen-bond acceptors (Lipinski definition) is 13. The second-order valence-corrected chi connectivity index (χ2v) is 27.9. The number of carbonyl (C=O) groups is 9. The van der Waals surface area contributed by atoms with Gasteiger partial charge in [0.25, 0.3) is 5.91 Å². The van der Waals surface area contributed by atoms with Crippen molar-refractivity contribution >= 4 is 64.9 Å². The Bertz CT molecular complexity index is 3620. The zero-order chi connectivity index (χ0) is 72.4. The summed E-state index contributed by atoms with van der Waals surface area (Å²) in [5.74, 6) is -2.12. The van der Waals surface area contributed by atoms with Crippen LogP contribution in [0.2, 0.25) is 0 Å². The highest BCUT2D eigenvalue weighted by Crippen LogP contribution is 2.28. The molecular formula is C80H102N10O11S. The Morgan fingerprint density at radius 3 is 1.47 bits per heavy atom. The number of methoxy groups -OCH3 is 2. The fraction of sp³-hybridized carbons (Fsp3) is 0.438. The van der Waals surface area contributed by atoms with E-state index in [0.717, 1.165) is 59.9 Å². The molecule has 6 aromatic rings. The zero-order valence-electron chi connectivity index (χ0n) is 59.1. The van der Waals surface area contributed by atoms with Gasteiger partial charge in [0.05, 0.1) is 64.9 Å². The first-order valence-electron chi connectivity index (χ1n) is 35.8. The number of carbonyl (C=O) groups excluding carboxylic acids is 9. The number of nitrogens with two attached hydrogens (primary N) is 2. The Hall–Kier alpha value is -9.54. The highest BCUT2D eigenvalue weighted by molar-refractivity contribution is 7.98. The minimum atomic E-state index is -0.877. The Morgan fingerprint density at radius 2 is 0.980 bits per heavy atom. The van der Waals surface area contributed by atoms with Gasteiger partial charge in [-0.2, -0.15) is 11.8 Å². The van der Waals surface area contributed by atoms with Crippen LogP contribution in [0.1, 0.15) is 121 Å². The number of primary amides is 1. The molecule has 2 heterocycles. The van der Waals surface area contributed by atoms with E-state index >= 15 is 19.2 Å². The molecule has 2 bridgehead atoms. The maximum atomic E-state index is 15.2. The third-order valence-electron chi connectivity index (χ3n) is 18.6. The van der Waals surface area contributed by atoms with Crippen LogP contribution >= 0.6 is 11.8 Å². The van der Waals surface area contributed by atoms with E-state index in [1.54, 1.807) is 35.2 Å². The Labute approximate surface area is 604 Å². The van der Waals surface area contributed by atoms with E-state index < -0.39 is 73.3 Å². The number of nitrogens with zero attached hydrogens (tertiary/aromatic N) is 4. The largest absolute Gasteiger partial charge is 0.497 e. The van der Waals surface area contributed by atoms with Crippen molar-refractivity contribution < 1.29 is 52.6 Å². The molecule has 0 aromatic heterocycles. The summed E-state index contributed by atoms with van der Waals surface area (Å²) in [6, 6.07) is 46.9. The maximum Gasteiger partial charge on any atom is 0.251 e. The van der Waals surface area contributed by atoms with Gasteiger partial charge in [0.2, 0.25) is 47.3 Å². The summed E-state index contributed by atoms with van der Waals surface area (Å²) in [7, 11) is 3.00. The lowest BCUT2D eigenvalue weighted by molar-refractivity contribution is -0.138. The summed E-state index contributed by atoms with van der Waals surface area (Å²) in [6.07, 6.45) is 8.89. The predicted octanol–water partition coefficient (Wildman–Crippen LogP) is 7.79. The molecule has 1 saturated carbocycles. The molecule has 544 valence electrons. The molecule has 1 aliphatic carbocycles. The van der Waals surface area contributed by atoms with Gasteiger partial charge in [-0.3, -0.25) is 43.2 Å². The van der Waals surface area contributed by atoms with Crippen molar-refractivity contribution in [2.24, 2.45) is 17.4 Å². The van der Waals surface area contributed by atoms with Crippen LogP contribution in [0.4, 0.5) is 0 Å². The zero-order valence-corrected chi connectivity index (χ0v) is 59.9. The molecule has 8 N–H and O–H groups in total. The van der Waals surface area contributed by atoms with Gasteiger partial charge >= 0.3 is 0 Å². The minimum absolute atomic E-state index is 0.00660. The van der Waals surface area contributed by atoms with Gasteiger partial charge < -0.3 is 61.8 Å². The fourth-order valence-electron chi connectivity index (χ4n) is 13.3. The van der Waals surface area contributed by atoms with E-state index in [-0.39, 0.29) is 101 Å². The number of fused-ring (bicyclic) bond motifs is 29. The van der Waals surface area contributed by atoms with Crippen LogP contribution in [0.25, 0.3) is 0 Å². The van der Waals surface area contributed by atoms with Crippen LogP contribution in [0.15, 0.2) is 164 Å². The van der Waals surface area contributed by atoms with Crippen LogP contribution in [0.5, 0.6) is 11.5 Å². The first-order valence-corrected chi connectivity index (χ1v) is 37.0. The van der Waals surface area contributed by atoms with Gasteiger partial charge in [0, 0.05) is 74.6 Å². The van der Waals surface area contributed by atoms with Gasteiger partial charge in [0.15, 0.2) is 0 Å². The molecular weight excluding hydrogens is 1310 g/mol. The topological polar surface area (TPSA) is 285 Å². The highest BCUT2D eigenvalue weighted by Gasteiger charge is 2.31. The smallest absolute Gasteiger partial charge is 0.251 e. The molecule has 102 heavy (non-hydrogen) atoms. The number of unbranched alkanes of at least 4 members (excludes halogenated alkanes) is 1. The molecule has 0 unspecified atom stereocenters. The van der Waals surface area contributed by atoms with E-state index in [9.17, 15) is 24.0 Å². The maximum absolute atomic E-state index is 15.2. The molecule has 9 rings (SSSR count). The number of ether oxygens (including phenoxy) is 2. The van der Waals surface area contributed by atoms with Crippen molar-refractivity contribution in [1.29, 1.82) is 0 Å². The average molecular weight is 1410 g/mol. The van der Waals surface area contributed by atoms with Crippen molar-refractivity contribution in [2.45, 2.75) is 139 Å². The molecule has 21 nitrogen and oxygen atoms in total. The lowest BCUT2D eigenvalue weighted by Gasteiger charge is -2.32. The van der Waals surface area contributed by atoms with Crippen molar-refractivity contribution in [1.82, 2.24) is 40.9 Å². The van der Waals surface area contributed by atoms with Crippen molar-refractivity contribution in [3.63, 3.8) is 0 Å². The Morgan fingerprint density at radius 1 is 0.510 bits per heavy atom. The van der Waals surface area contributed by atoms with E-state index in [1.807, 2.05) is 133 Å². The molecule has 3 aliphatic rings. The van der Waals surface area contributed by atoms with Gasteiger partial charge in [-0.05, 0) is 115 Å². The summed E-state index contributed by atoms with van der Waals surface area (Å²) in [5, 5.41) is 12.7. The van der Waals surface area contributed by atoms with Crippen LogP contribution in [0, 0.1) is 5.92 Å². The SMILES string of the molecule is COc1cc(CC(=O)N2CC(=O)N[C@@H](Cc3ccccc3)CN(CC(N)=O)C(=O)CCSCc3ccc(cc3)C(=O)N[C@@H](CCCCN)CN(C(=O)CCC3CCCCC3)CC(=O)N[C@@H](Cc3ccccc3)CN(C(=O)CCc3ccccc3)CC(=O)N[C@@H](Cc3ccccc3)C2)cc(OC)c1. The highest BCUT2D eigenvalue weighted by atomic mass is 32.2. The first kappa shape index (κ1) is 78.2. The number of amides is 9. The third-order valence-corrected chi connectivity index (χ3v) is 19.6. The summed E-state index contributed by atoms with van der Waals surface area (Å²) >= 11 is 1.49. The second-order valence-electron chi connectivity index (χ2n) is 26.8. The summed E-state index contributed by atoms with van der Waals surface area (Å²) < 4.78 is 11.2. The molecule has 0 radical (unpaired) electrons. The van der Waals surface area contributed by atoms with E-state index in [4.69, 9.17) is 20.9 Å². The van der Waals surface area contributed by atoms with Crippen LogP contribution in [-0.4, -0.2) is 176 Å². The Balaban J connectivity index is 1.18. The molecule has 4 atom stereocenters. The van der Waals surface area contributed by atoms with E-state index in [0.29, 0.717) is 78.7 Å². The van der Waals surface area contributed by atoms with Crippen molar-refractivity contribution in [2.75, 3.05) is 78.9 Å². The minimum Gasteiger partial charge on any atom is -0.497 e. The first-order chi connectivity index (χ1) is 49.5. The Kier molecular flexibility index (Phi) is 32.2. The summed E-state index contributed by atoms with van der Waals surface area (Å²) in [6.45, 7) is -1.75. The molecule has 0 saturated heterocycles. The molecule has 2 aliphatic heterocycles. The van der Waals surface area contributed by atoms with E-state index in [1.165, 1.54) is 40.7 Å². The average Bonchev–Trinajstić information content (AvgIpc) is 0.858. The monoisotopic (exact) mass is 1410 g/mol. The summed E-state index contributed by atoms with van der Waals surface area (Å²) in [4.78, 5) is 137. The van der Waals surface area contributed by atoms with Crippen LogP contribution < -0.4 is 42.2 Å². The molecule has 0 spiro atoms. The normalized spacial score (nSPS) is 18.7. The number of rotatable bonds is 22. The molecule has 1 fully saturated rings. The third kappa shape index (κ3) is 27.4. The second kappa shape index (κ2) is 42.0. The van der Waals surface area contributed by atoms with Crippen molar-refractivity contribution in [3.8, 4) is 11.5 Å². The van der Waals surface area contributed by atoms with Crippen LogP contribution in [0.3, 0.4) is 0 Å². The molecule has 9 amide bonds. The molecule has 6 aromatic carbocycles. The number of thioether (sulfide) groups is 1. The number of aryl methyl sites for hydroxylation is 1. The summed E-state index contributed by atoms with van der Waals surface area (Å²) in [5.41, 5.74) is 17.0. The lowest BCUT2D eigenvalue weighted by atomic mass is 9.86. The number of hydrogen-bond donors (Lipinski definition) is 6. The number of benzene rings is 6. The van der Waals surface area contributed by atoms with Gasteiger partial charge in [-0.1, -0.05) is 172 Å². The van der Waals surface area contributed by atoms with Gasteiger partial charge in [0.1, 0.15) is 11.5 Å². The quantitative estimate of drug-likeness (QED) is 0.0280. The fourth-order valence-corrected chi connectivity index (χ4v) is 14.2. The van der Waals surface area contributed by atoms with E-state index in [2.05, 4.69) is 21.3 Å².